The topological polar surface area (TPSA) is 40.8 Å². The van der Waals surface area contributed by atoms with Crippen molar-refractivity contribution in [2.24, 2.45) is 4.99 Å². The lowest BCUT2D eigenvalue weighted by atomic mass is 9.86. The number of aliphatic imine (C=N–C) groups is 1. The highest BCUT2D eigenvalue weighted by Gasteiger charge is 2.30. The number of benzene rings is 1. The largest absolute Gasteiger partial charge is 0.390 e. The molecule has 1 aromatic carbocycles. The van der Waals surface area contributed by atoms with Gasteiger partial charge in [0.25, 0.3) is 0 Å². The van der Waals surface area contributed by atoms with Gasteiger partial charge in [0.15, 0.2) is 0 Å². The number of fused-ring (bicyclic) bond motifs is 1. The summed E-state index contributed by atoms with van der Waals surface area (Å²) in [5.41, 5.74) is 6.55. The second kappa shape index (κ2) is 8.85. The summed E-state index contributed by atoms with van der Waals surface area (Å²) in [5, 5.41) is 11.4. The van der Waals surface area contributed by atoms with Crippen molar-refractivity contribution in [2.45, 2.75) is 71.1 Å². The van der Waals surface area contributed by atoms with Gasteiger partial charge in [-0.3, -0.25) is 4.99 Å². The molecule has 29 heavy (non-hydrogen) atoms. The standard InChI is InChI=1S/C25H35N3O/c1-18(2)19-8-10-20(11-9-19)27-14-12-21(13-15-27)28-24-7-5-4-6-22(24)23(16-26-3)25(28)17-29/h4-7,16,20-21,29H,8-15,17H2,1-3H3. The Kier molecular flexibility index (Phi) is 6.21. The first-order valence-corrected chi connectivity index (χ1v) is 11.2. The van der Waals surface area contributed by atoms with E-state index in [1.54, 1.807) is 12.6 Å². The molecule has 0 unspecified atom stereocenters. The van der Waals surface area contributed by atoms with Crippen LogP contribution in [0.3, 0.4) is 0 Å². The van der Waals surface area contributed by atoms with Crippen LogP contribution in [0.4, 0.5) is 0 Å². The number of piperidine rings is 1. The maximum absolute atomic E-state index is 10.2. The van der Waals surface area contributed by atoms with Crippen molar-refractivity contribution in [3.8, 4) is 0 Å². The summed E-state index contributed by atoms with van der Waals surface area (Å²) in [4.78, 5) is 6.99. The van der Waals surface area contributed by atoms with Crippen LogP contribution >= 0.6 is 0 Å². The van der Waals surface area contributed by atoms with Crippen molar-refractivity contribution in [3.63, 3.8) is 0 Å². The number of hydrogen-bond acceptors (Lipinski definition) is 3. The van der Waals surface area contributed by atoms with E-state index in [1.807, 2.05) is 6.21 Å². The fourth-order valence-electron chi connectivity index (χ4n) is 5.52. The first kappa shape index (κ1) is 20.4. The molecule has 2 heterocycles. The third-order valence-corrected chi connectivity index (χ3v) is 7.11. The minimum Gasteiger partial charge on any atom is -0.390 e. The molecule has 1 aliphatic heterocycles. The number of allylic oxidation sites excluding steroid dienone is 2. The zero-order valence-corrected chi connectivity index (χ0v) is 18.2. The molecule has 0 amide bonds. The summed E-state index contributed by atoms with van der Waals surface area (Å²) in [6, 6.07) is 9.73. The molecule has 1 N–H and O–H groups in total. The van der Waals surface area contributed by atoms with Crippen LogP contribution in [0.5, 0.6) is 0 Å². The number of aliphatic hydroxyl groups is 1. The van der Waals surface area contributed by atoms with Crippen LogP contribution in [0.2, 0.25) is 0 Å². The average molecular weight is 394 g/mol. The van der Waals surface area contributed by atoms with Gasteiger partial charge in [-0.25, -0.2) is 0 Å². The van der Waals surface area contributed by atoms with Gasteiger partial charge < -0.3 is 14.6 Å². The summed E-state index contributed by atoms with van der Waals surface area (Å²) in [7, 11) is 1.80. The molecule has 2 aliphatic rings. The van der Waals surface area contributed by atoms with E-state index < -0.39 is 0 Å². The highest BCUT2D eigenvalue weighted by molar-refractivity contribution is 6.01. The van der Waals surface area contributed by atoms with Crippen molar-refractivity contribution in [1.29, 1.82) is 0 Å². The van der Waals surface area contributed by atoms with E-state index in [9.17, 15) is 5.11 Å². The quantitative estimate of drug-likeness (QED) is 0.580. The Hall–Kier alpha value is -1.91. The monoisotopic (exact) mass is 393 g/mol. The van der Waals surface area contributed by atoms with Gasteiger partial charge in [0.05, 0.1) is 12.3 Å². The SMILES string of the molecule is CN=Cc1c(CO)n(C2CCN(C3CCC(=C(C)C)CC3)CC2)c2ccccc12. The Balaban J connectivity index is 1.52. The number of aromatic nitrogens is 1. The fraction of sp³-hybridized carbons (Fsp3) is 0.560. The molecule has 4 heteroatoms. The summed E-state index contributed by atoms with van der Waals surface area (Å²) in [6.07, 6.45) is 9.41. The first-order valence-electron chi connectivity index (χ1n) is 11.2. The zero-order valence-electron chi connectivity index (χ0n) is 18.2. The van der Waals surface area contributed by atoms with Gasteiger partial charge in [0.2, 0.25) is 0 Å². The van der Waals surface area contributed by atoms with Gasteiger partial charge in [-0.1, -0.05) is 29.3 Å². The van der Waals surface area contributed by atoms with E-state index in [-0.39, 0.29) is 6.61 Å². The molecule has 0 radical (unpaired) electrons. The first-order chi connectivity index (χ1) is 14.1. The van der Waals surface area contributed by atoms with E-state index in [2.05, 4.69) is 52.6 Å². The summed E-state index contributed by atoms with van der Waals surface area (Å²) >= 11 is 0. The van der Waals surface area contributed by atoms with Crippen molar-refractivity contribution in [3.05, 3.63) is 46.7 Å². The van der Waals surface area contributed by atoms with Crippen LogP contribution in [-0.4, -0.2) is 47.0 Å². The van der Waals surface area contributed by atoms with Gasteiger partial charge >= 0.3 is 0 Å². The number of likely N-dealkylation sites (tertiary alicyclic amines) is 1. The molecule has 0 atom stereocenters. The highest BCUT2D eigenvalue weighted by Crippen LogP contribution is 2.36. The van der Waals surface area contributed by atoms with Crippen LogP contribution in [0.15, 0.2) is 40.4 Å². The lowest BCUT2D eigenvalue weighted by Gasteiger charge is -2.40. The molecule has 1 saturated carbocycles. The van der Waals surface area contributed by atoms with E-state index in [4.69, 9.17) is 0 Å². The molecule has 1 aromatic heterocycles. The van der Waals surface area contributed by atoms with Gasteiger partial charge in [0.1, 0.15) is 0 Å². The second-order valence-corrected chi connectivity index (χ2v) is 8.89. The van der Waals surface area contributed by atoms with E-state index >= 15 is 0 Å². The third-order valence-electron chi connectivity index (χ3n) is 7.11. The Labute approximate surface area is 174 Å². The second-order valence-electron chi connectivity index (χ2n) is 8.89. The molecule has 2 fully saturated rings. The molecule has 0 bridgehead atoms. The number of nitrogens with zero attached hydrogens (tertiary/aromatic N) is 3. The zero-order chi connectivity index (χ0) is 20.4. The maximum Gasteiger partial charge on any atom is 0.0840 e. The molecule has 2 aromatic rings. The fourth-order valence-corrected chi connectivity index (χ4v) is 5.52. The lowest BCUT2D eigenvalue weighted by molar-refractivity contribution is 0.115. The van der Waals surface area contributed by atoms with Crippen LogP contribution in [0.1, 0.15) is 69.7 Å². The molecule has 4 rings (SSSR count). The van der Waals surface area contributed by atoms with E-state index in [0.717, 1.165) is 43.2 Å². The van der Waals surface area contributed by atoms with Crippen molar-refractivity contribution in [1.82, 2.24) is 9.47 Å². The van der Waals surface area contributed by atoms with Gasteiger partial charge in [-0.05, 0) is 58.4 Å². The van der Waals surface area contributed by atoms with Crippen LogP contribution in [-0.2, 0) is 6.61 Å². The van der Waals surface area contributed by atoms with Crippen molar-refractivity contribution in [2.75, 3.05) is 20.1 Å². The molecular weight excluding hydrogens is 358 g/mol. The predicted molar refractivity (Wildman–Crippen MR) is 122 cm³/mol. The Bertz CT molecular complexity index is 902. The highest BCUT2D eigenvalue weighted by atomic mass is 16.3. The minimum absolute atomic E-state index is 0.0599. The lowest BCUT2D eigenvalue weighted by Crippen LogP contribution is -2.43. The number of hydrogen-bond donors (Lipinski definition) is 1. The average Bonchev–Trinajstić information content (AvgIpc) is 3.08. The molecule has 1 aliphatic carbocycles. The minimum atomic E-state index is 0.0599. The summed E-state index contributed by atoms with van der Waals surface area (Å²) < 4.78 is 2.41. The van der Waals surface area contributed by atoms with Crippen LogP contribution in [0.25, 0.3) is 10.9 Å². The normalized spacial score (nSPS) is 22.1. The van der Waals surface area contributed by atoms with E-state index in [1.165, 1.54) is 42.2 Å². The van der Waals surface area contributed by atoms with Gasteiger partial charge in [-0.2, -0.15) is 0 Å². The Morgan fingerprint density at radius 1 is 1.07 bits per heavy atom. The number of rotatable bonds is 4. The van der Waals surface area contributed by atoms with Crippen LogP contribution < -0.4 is 0 Å². The molecule has 156 valence electrons. The Morgan fingerprint density at radius 3 is 2.38 bits per heavy atom. The predicted octanol–water partition coefficient (Wildman–Crippen LogP) is 5.10. The summed E-state index contributed by atoms with van der Waals surface area (Å²) in [5.74, 6) is 0. The molecule has 1 saturated heterocycles. The number of aliphatic hydroxyl groups excluding tert-OH is 1. The molecular formula is C25H35N3O. The van der Waals surface area contributed by atoms with E-state index in [0.29, 0.717) is 6.04 Å². The number of para-hydroxylation sites is 1. The van der Waals surface area contributed by atoms with Crippen molar-refractivity contribution < 1.29 is 5.11 Å². The maximum atomic E-state index is 10.2. The Morgan fingerprint density at radius 2 is 1.76 bits per heavy atom. The van der Waals surface area contributed by atoms with Gasteiger partial charge in [-0.15, -0.1) is 0 Å². The van der Waals surface area contributed by atoms with Crippen molar-refractivity contribution >= 4 is 17.1 Å². The third kappa shape index (κ3) is 3.93. The molecule has 0 spiro atoms. The van der Waals surface area contributed by atoms with Crippen LogP contribution in [0, 0.1) is 0 Å². The smallest absolute Gasteiger partial charge is 0.0840 e. The molecule has 4 nitrogen and oxygen atoms in total. The van der Waals surface area contributed by atoms with Gasteiger partial charge in [0, 0.05) is 54.9 Å². The summed E-state index contributed by atoms with van der Waals surface area (Å²) in [6.45, 7) is 6.91.